The second-order valence-corrected chi connectivity index (χ2v) is 4.84. The molecular formula is C12H26N2OS. The van der Waals surface area contributed by atoms with E-state index in [1.165, 1.54) is 6.42 Å². The number of rotatable bonds is 10. The van der Waals surface area contributed by atoms with Crippen LogP contribution in [0.3, 0.4) is 0 Å². The lowest BCUT2D eigenvalue weighted by Gasteiger charge is -2.26. The van der Waals surface area contributed by atoms with Gasteiger partial charge in [0.25, 0.3) is 0 Å². The van der Waals surface area contributed by atoms with Crippen LogP contribution in [0.25, 0.3) is 0 Å². The first kappa shape index (κ1) is 15.8. The number of hydrogen-bond acceptors (Lipinski definition) is 3. The molecule has 0 aromatic rings. The maximum Gasteiger partial charge on any atom is 0.0740 e. The first-order valence-electron chi connectivity index (χ1n) is 6.18. The molecule has 96 valence electrons. The molecule has 16 heavy (non-hydrogen) atoms. The van der Waals surface area contributed by atoms with Crippen LogP contribution < -0.4 is 5.73 Å². The number of nitrogens with zero attached hydrogens (tertiary/aromatic N) is 1. The van der Waals surface area contributed by atoms with Crippen LogP contribution in [-0.2, 0) is 4.74 Å². The van der Waals surface area contributed by atoms with Gasteiger partial charge in [0.15, 0.2) is 0 Å². The number of thiocarbonyl (C=S) groups is 1. The SMILES string of the molecule is CCCCOCCN(CCC(N)=S)C(C)C. The Kier molecular flexibility index (Phi) is 9.88. The van der Waals surface area contributed by atoms with Gasteiger partial charge in [-0.2, -0.15) is 0 Å². The molecule has 4 heteroatoms. The van der Waals surface area contributed by atoms with E-state index in [2.05, 4.69) is 25.7 Å². The van der Waals surface area contributed by atoms with Crippen LogP contribution in [0.1, 0.15) is 40.0 Å². The summed E-state index contributed by atoms with van der Waals surface area (Å²) in [5.74, 6) is 0. The lowest BCUT2D eigenvalue weighted by molar-refractivity contribution is 0.0920. The predicted molar refractivity (Wildman–Crippen MR) is 73.8 cm³/mol. The van der Waals surface area contributed by atoms with E-state index >= 15 is 0 Å². The molecule has 0 fully saturated rings. The van der Waals surface area contributed by atoms with Gasteiger partial charge >= 0.3 is 0 Å². The average Bonchev–Trinajstić information content (AvgIpc) is 2.21. The zero-order chi connectivity index (χ0) is 12.4. The fourth-order valence-corrected chi connectivity index (χ4v) is 1.50. The number of hydrogen-bond donors (Lipinski definition) is 1. The van der Waals surface area contributed by atoms with Gasteiger partial charge in [-0.1, -0.05) is 25.6 Å². The molecule has 0 aromatic carbocycles. The molecule has 0 bridgehead atoms. The molecule has 0 rings (SSSR count). The zero-order valence-corrected chi connectivity index (χ0v) is 11.7. The zero-order valence-electron chi connectivity index (χ0n) is 10.9. The summed E-state index contributed by atoms with van der Waals surface area (Å²) in [7, 11) is 0. The van der Waals surface area contributed by atoms with Crippen molar-refractivity contribution in [1.29, 1.82) is 0 Å². The van der Waals surface area contributed by atoms with E-state index in [9.17, 15) is 0 Å². The van der Waals surface area contributed by atoms with Crippen LogP contribution in [0.4, 0.5) is 0 Å². The van der Waals surface area contributed by atoms with E-state index in [-0.39, 0.29) is 0 Å². The van der Waals surface area contributed by atoms with E-state index in [0.717, 1.165) is 39.1 Å². The first-order chi connectivity index (χ1) is 7.57. The van der Waals surface area contributed by atoms with Crippen molar-refractivity contribution in [2.75, 3.05) is 26.3 Å². The maximum atomic E-state index is 5.56. The Labute approximate surface area is 105 Å². The third kappa shape index (κ3) is 9.07. The molecule has 0 spiro atoms. The Hall–Kier alpha value is -0.190. The molecule has 0 aliphatic heterocycles. The topological polar surface area (TPSA) is 38.5 Å². The van der Waals surface area contributed by atoms with Gasteiger partial charge in [-0.25, -0.2) is 0 Å². The molecule has 0 aromatic heterocycles. The predicted octanol–water partition coefficient (Wildman–Crippen LogP) is 2.19. The summed E-state index contributed by atoms with van der Waals surface area (Å²) in [5.41, 5.74) is 5.51. The highest BCUT2D eigenvalue weighted by molar-refractivity contribution is 7.80. The Morgan fingerprint density at radius 3 is 2.50 bits per heavy atom. The fourth-order valence-electron chi connectivity index (χ4n) is 1.41. The van der Waals surface area contributed by atoms with Crippen molar-refractivity contribution in [3.8, 4) is 0 Å². The molecule has 0 amide bonds. The molecule has 0 heterocycles. The van der Waals surface area contributed by atoms with Gasteiger partial charge in [-0.3, -0.25) is 4.90 Å². The molecule has 2 N–H and O–H groups in total. The quantitative estimate of drug-likeness (QED) is 0.474. The summed E-state index contributed by atoms with van der Waals surface area (Å²) >= 11 is 4.89. The lowest BCUT2D eigenvalue weighted by Crippen LogP contribution is -2.36. The van der Waals surface area contributed by atoms with Gasteiger partial charge < -0.3 is 10.5 Å². The summed E-state index contributed by atoms with van der Waals surface area (Å²) in [4.78, 5) is 2.95. The molecule has 0 atom stereocenters. The van der Waals surface area contributed by atoms with Crippen molar-refractivity contribution in [2.24, 2.45) is 5.73 Å². The van der Waals surface area contributed by atoms with Crippen LogP contribution in [-0.4, -0.2) is 42.2 Å². The van der Waals surface area contributed by atoms with Crippen molar-refractivity contribution in [3.05, 3.63) is 0 Å². The minimum absolute atomic E-state index is 0.518. The Bertz CT molecular complexity index is 186. The summed E-state index contributed by atoms with van der Waals surface area (Å²) in [6, 6.07) is 0.518. The van der Waals surface area contributed by atoms with Crippen molar-refractivity contribution in [1.82, 2.24) is 4.90 Å². The first-order valence-corrected chi connectivity index (χ1v) is 6.58. The van der Waals surface area contributed by atoms with E-state index in [1.807, 2.05) is 0 Å². The second-order valence-electron chi connectivity index (χ2n) is 4.31. The van der Waals surface area contributed by atoms with Crippen molar-refractivity contribution >= 4 is 17.2 Å². The van der Waals surface area contributed by atoms with Crippen molar-refractivity contribution in [2.45, 2.75) is 46.1 Å². The third-order valence-corrected chi connectivity index (χ3v) is 2.74. The molecule has 0 aliphatic carbocycles. The highest BCUT2D eigenvalue weighted by Crippen LogP contribution is 2.00. The molecule has 0 unspecified atom stereocenters. The number of nitrogens with two attached hydrogens (primary N) is 1. The highest BCUT2D eigenvalue weighted by Gasteiger charge is 2.08. The summed E-state index contributed by atoms with van der Waals surface area (Å²) < 4.78 is 5.56. The summed E-state index contributed by atoms with van der Waals surface area (Å²) in [6.45, 7) is 10.1. The molecule has 0 saturated heterocycles. The lowest BCUT2D eigenvalue weighted by atomic mass is 10.3. The van der Waals surface area contributed by atoms with Crippen molar-refractivity contribution in [3.63, 3.8) is 0 Å². The molecule has 0 aliphatic rings. The van der Waals surface area contributed by atoms with Gasteiger partial charge in [0.05, 0.1) is 11.6 Å². The van der Waals surface area contributed by atoms with Gasteiger partial charge in [-0.05, 0) is 20.3 Å². The van der Waals surface area contributed by atoms with Crippen molar-refractivity contribution < 1.29 is 4.74 Å². The minimum Gasteiger partial charge on any atom is -0.393 e. The molecule has 0 radical (unpaired) electrons. The van der Waals surface area contributed by atoms with Gasteiger partial charge in [0.1, 0.15) is 0 Å². The minimum atomic E-state index is 0.518. The number of ether oxygens (including phenoxy) is 1. The fraction of sp³-hybridized carbons (Fsp3) is 0.917. The highest BCUT2D eigenvalue weighted by atomic mass is 32.1. The Morgan fingerprint density at radius 2 is 2.00 bits per heavy atom. The van der Waals surface area contributed by atoms with Gasteiger partial charge in [-0.15, -0.1) is 0 Å². The van der Waals surface area contributed by atoms with E-state index in [1.54, 1.807) is 0 Å². The van der Waals surface area contributed by atoms with E-state index in [0.29, 0.717) is 11.0 Å². The second kappa shape index (κ2) is 10.00. The number of unbranched alkanes of at least 4 members (excludes halogenated alkanes) is 1. The van der Waals surface area contributed by atoms with Gasteiger partial charge in [0, 0.05) is 32.2 Å². The smallest absolute Gasteiger partial charge is 0.0740 e. The van der Waals surface area contributed by atoms with Crippen LogP contribution in [0.5, 0.6) is 0 Å². The molecular weight excluding hydrogens is 220 g/mol. The average molecular weight is 246 g/mol. The molecule has 3 nitrogen and oxygen atoms in total. The van der Waals surface area contributed by atoms with Crippen LogP contribution in [0.15, 0.2) is 0 Å². The Morgan fingerprint density at radius 1 is 1.31 bits per heavy atom. The summed E-state index contributed by atoms with van der Waals surface area (Å²) in [5, 5.41) is 0. The standard InChI is InChI=1S/C12H26N2OS/c1-4-5-9-15-10-8-14(11(2)3)7-6-12(13)16/h11H,4-10H2,1-3H3,(H2,13,16). The maximum absolute atomic E-state index is 5.56. The Balaban J connectivity index is 3.64. The normalized spacial score (nSPS) is 11.3. The van der Waals surface area contributed by atoms with Crippen LogP contribution in [0.2, 0.25) is 0 Å². The monoisotopic (exact) mass is 246 g/mol. The summed E-state index contributed by atoms with van der Waals surface area (Å²) in [6.07, 6.45) is 3.13. The van der Waals surface area contributed by atoms with E-state index < -0.39 is 0 Å². The largest absolute Gasteiger partial charge is 0.393 e. The molecule has 0 saturated carbocycles. The van der Waals surface area contributed by atoms with Crippen LogP contribution >= 0.6 is 12.2 Å². The van der Waals surface area contributed by atoms with Gasteiger partial charge in [0.2, 0.25) is 0 Å². The van der Waals surface area contributed by atoms with E-state index in [4.69, 9.17) is 22.7 Å². The third-order valence-electron chi connectivity index (χ3n) is 2.54. The van der Waals surface area contributed by atoms with Crippen LogP contribution in [0, 0.1) is 0 Å².